The van der Waals surface area contributed by atoms with E-state index in [4.69, 9.17) is 23.2 Å². The van der Waals surface area contributed by atoms with Gasteiger partial charge in [-0.05, 0) is 29.8 Å². The van der Waals surface area contributed by atoms with E-state index in [-0.39, 0.29) is 5.28 Å². The Morgan fingerprint density at radius 3 is 1.80 bits per heavy atom. The van der Waals surface area contributed by atoms with Crippen LogP contribution in [0.2, 0.25) is 10.3 Å². The molecule has 2 aromatic carbocycles. The molecule has 98 valence electrons. The topological polar surface area (TPSA) is 25.8 Å². The second kappa shape index (κ2) is 5.61. The number of rotatable bonds is 2. The van der Waals surface area contributed by atoms with Crippen LogP contribution in [0.25, 0.3) is 22.5 Å². The lowest BCUT2D eigenvalue weighted by Crippen LogP contribution is -1.91. The van der Waals surface area contributed by atoms with Crippen molar-refractivity contribution in [2.45, 2.75) is 0 Å². The Kier molecular flexibility index (Phi) is 3.68. The molecule has 0 unspecified atom stereocenters. The smallest absolute Gasteiger partial charge is 0.218 e. The van der Waals surface area contributed by atoms with Crippen molar-refractivity contribution in [1.82, 2.24) is 9.97 Å². The summed E-state index contributed by atoms with van der Waals surface area (Å²) < 4.78 is 0. The van der Waals surface area contributed by atoms with Gasteiger partial charge in [-0.3, -0.25) is 0 Å². The molecular weight excluding hydrogens is 291 g/mol. The first-order valence-corrected chi connectivity index (χ1v) is 6.84. The van der Waals surface area contributed by atoms with Crippen LogP contribution in [-0.2, 0) is 0 Å². The fourth-order valence-corrected chi connectivity index (χ4v) is 2.25. The van der Waals surface area contributed by atoms with E-state index in [1.165, 1.54) is 0 Å². The van der Waals surface area contributed by atoms with Gasteiger partial charge >= 0.3 is 0 Å². The summed E-state index contributed by atoms with van der Waals surface area (Å²) in [5, 5.41) is 0.925. The van der Waals surface area contributed by atoms with Crippen molar-refractivity contribution in [3.8, 4) is 22.5 Å². The first-order valence-electron chi connectivity index (χ1n) is 6.08. The van der Waals surface area contributed by atoms with Gasteiger partial charge in [0.25, 0.3) is 0 Å². The maximum absolute atomic E-state index is 6.03. The Hall–Kier alpha value is -1.90. The highest BCUT2D eigenvalue weighted by Crippen LogP contribution is 2.25. The fraction of sp³-hybridized carbons (Fsp3) is 0. The molecule has 0 spiro atoms. The van der Waals surface area contributed by atoms with E-state index in [9.17, 15) is 0 Å². The molecule has 4 heteroatoms. The maximum Gasteiger partial charge on any atom is 0.223 e. The summed E-state index contributed by atoms with van der Waals surface area (Å²) in [6, 6.07) is 19.3. The van der Waals surface area contributed by atoms with E-state index < -0.39 is 0 Å². The normalized spacial score (nSPS) is 10.5. The van der Waals surface area contributed by atoms with E-state index in [0.29, 0.717) is 5.02 Å². The third kappa shape index (κ3) is 2.82. The molecule has 1 heterocycles. The van der Waals surface area contributed by atoms with Crippen LogP contribution in [0.1, 0.15) is 0 Å². The van der Waals surface area contributed by atoms with Crippen LogP contribution < -0.4 is 0 Å². The fourth-order valence-electron chi connectivity index (χ4n) is 1.94. The minimum atomic E-state index is 0.233. The summed E-state index contributed by atoms with van der Waals surface area (Å²) in [7, 11) is 0. The van der Waals surface area contributed by atoms with E-state index in [1.807, 2.05) is 60.7 Å². The molecule has 1 aromatic heterocycles. The molecule has 0 atom stereocenters. The molecule has 0 aliphatic rings. The zero-order chi connectivity index (χ0) is 13.9. The minimum absolute atomic E-state index is 0.233. The van der Waals surface area contributed by atoms with Gasteiger partial charge in [-0.2, -0.15) is 0 Å². The van der Waals surface area contributed by atoms with Crippen LogP contribution in [0, 0.1) is 0 Å². The average Bonchev–Trinajstić information content (AvgIpc) is 2.48. The first kappa shape index (κ1) is 13.1. The molecule has 0 fully saturated rings. The number of benzene rings is 2. The summed E-state index contributed by atoms with van der Waals surface area (Å²) in [6.45, 7) is 0. The van der Waals surface area contributed by atoms with Gasteiger partial charge in [0.2, 0.25) is 5.28 Å². The first-order chi connectivity index (χ1) is 9.72. The van der Waals surface area contributed by atoms with Gasteiger partial charge in [-0.1, -0.05) is 54.1 Å². The molecule has 0 amide bonds. The van der Waals surface area contributed by atoms with Crippen LogP contribution in [0.3, 0.4) is 0 Å². The number of nitrogens with zero attached hydrogens (tertiary/aromatic N) is 2. The number of hydrogen-bond acceptors (Lipinski definition) is 2. The monoisotopic (exact) mass is 300 g/mol. The minimum Gasteiger partial charge on any atom is -0.218 e. The summed E-state index contributed by atoms with van der Waals surface area (Å²) in [4.78, 5) is 8.55. The summed E-state index contributed by atoms with van der Waals surface area (Å²) >= 11 is 11.9. The van der Waals surface area contributed by atoms with Gasteiger partial charge in [-0.25, -0.2) is 9.97 Å². The van der Waals surface area contributed by atoms with Crippen LogP contribution >= 0.6 is 23.2 Å². The molecule has 0 aliphatic heterocycles. The average molecular weight is 301 g/mol. The van der Waals surface area contributed by atoms with Gasteiger partial charge in [0.05, 0.1) is 11.4 Å². The zero-order valence-electron chi connectivity index (χ0n) is 10.4. The standard InChI is InChI=1S/C16H10Cl2N2/c17-13-8-6-12(7-9-13)15-10-14(19-16(18)20-15)11-4-2-1-3-5-11/h1-10H. The van der Waals surface area contributed by atoms with Gasteiger partial charge in [0.1, 0.15) is 0 Å². The summed E-state index contributed by atoms with van der Waals surface area (Å²) in [5.41, 5.74) is 3.54. The second-order valence-corrected chi connectivity index (χ2v) is 5.05. The summed E-state index contributed by atoms with van der Waals surface area (Å²) in [6.07, 6.45) is 0. The van der Waals surface area contributed by atoms with Crippen molar-refractivity contribution >= 4 is 23.2 Å². The van der Waals surface area contributed by atoms with Gasteiger partial charge in [-0.15, -0.1) is 0 Å². The lowest BCUT2D eigenvalue weighted by atomic mass is 10.1. The van der Waals surface area contributed by atoms with Crippen LogP contribution in [0.4, 0.5) is 0 Å². The van der Waals surface area contributed by atoms with Crippen molar-refractivity contribution < 1.29 is 0 Å². The highest BCUT2D eigenvalue weighted by Gasteiger charge is 2.07. The number of aromatic nitrogens is 2. The molecule has 3 rings (SSSR count). The lowest BCUT2D eigenvalue weighted by Gasteiger charge is -2.06. The molecule has 0 radical (unpaired) electrons. The molecule has 0 saturated carbocycles. The summed E-state index contributed by atoms with van der Waals surface area (Å²) in [5.74, 6) is 0. The Bertz CT molecular complexity index is 725. The van der Waals surface area contributed by atoms with Crippen molar-refractivity contribution in [1.29, 1.82) is 0 Å². The Morgan fingerprint density at radius 2 is 1.20 bits per heavy atom. The number of hydrogen-bond donors (Lipinski definition) is 0. The highest BCUT2D eigenvalue weighted by molar-refractivity contribution is 6.30. The molecule has 0 saturated heterocycles. The Balaban J connectivity index is 2.09. The van der Waals surface area contributed by atoms with Crippen molar-refractivity contribution in [2.75, 3.05) is 0 Å². The lowest BCUT2D eigenvalue weighted by molar-refractivity contribution is 1.18. The van der Waals surface area contributed by atoms with Crippen LogP contribution in [0.5, 0.6) is 0 Å². The van der Waals surface area contributed by atoms with E-state index in [1.54, 1.807) is 0 Å². The molecule has 0 aliphatic carbocycles. The van der Waals surface area contributed by atoms with Gasteiger partial charge < -0.3 is 0 Å². The predicted molar refractivity (Wildman–Crippen MR) is 82.9 cm³/mol. The third-order valence-electron chi connectivity index (χ3n) is 2.91. The van der Waals surface area contributed by atoms with Crippen molar-refractivity contribution in [3.05, 3.63) is 71.0 Å². The SMILES string of the molecule is Clc1ccc(-c2cc(-c3ccccc3)nc(Cl)n2)cc1. The highest BCUT2D eigenvalue weighted by atomic mass is 35.5. The quantitative estimate of drug-likeness (QED) is 0.614. The van der Waals surface area contributed by atoms with Crippen molar-refractivity contribution in [3.63, 3.8) is 0 Å². The second-order valence-electron chi connectivity index (χ2n) is 4.28. The van der Waals surface area contributed by atoms with E-state index in [0.717, 1.165) is 22.5 Å². The molecule has 0 N–H and O–H groups in total. The van der Waals surface area contributed by atoms with E-state index in [2.05, 4.69) is 9.97 Å². The largest absolute Gasteiger partial charge is 0.223 e. The zero-order valence-corrected chi connectivity index (χ0v) is 11.9. The molecule has 20 heavy (non-hydrogen) atoms. The Labute approximate surface area is 127 Å². The molecule has 3 aromatic rings. The van der Waals surface area contributed by atoms with Crippen molar-refractivity contribution in [2.24, 2.45) is 0 Å². The molecular formula is C16H10Cl2N2. The predicted octanol–water partition coefficient (Wildman–Crippen LogP) is 5.12. The Morgan fingerprint density at radius 1 is 0.650 bits per heavy atom. The van der Waals surface area contributed by atoms with Crippen LogP contribution in [-0.4, -0.2) is 9.97 Å². The van der Waals surface area contributed by atoms with Gasteiger partial charge in [0, 0.05) is 16.1 Å². The molecule has 0 bridgehead atoms. The maximum atomic E-state index is 6.03. The molecule has 2 nitrogen and oxygen atoms in total. The van der Waals surface area contributed by atoms with Gasteiger partial charge in [0.15, 0.2) is 0 Å². The van der Waals surface area contributed by atoms with E-state index >= 15 is 0 Å². The number of halogens is 2. The third-order valence-corrected chi connectivity index (χ3v) is 3.33. The van der Waals surface area contributed by atoms with Crippen LogP contribution in [0.15, 0.2) is 60.7 Å².